The van der Waals surface area contributed by atoms with Gasteiger partial charge < -0.3 is 4.74 Å². The summed E-state index contributed by atoms with van der Waals surface area (Å²) >= 11 is 5.29. The largest absolute Gasteiger partial charge is 0.466 e. The molecule has 0 radical (unpaired) electrons. The molecule has 0 unspecified atom stereocenters. The summed E-state index contributed by atoms with van der Waals surface area (Å²) in [5.74, 6) is -0.434. The molecule has 0 heterocycles. The second-order valence-electron chi connectivity index (χ2n) is 1.30. The molecule has 0 aromatic carbocycles. The summed E-state index contributed by atoms with van der Waals surface area (Å²) in [6.45, 7) is 3.33. The molecule has 50 valence electrons. The van der Waals surface area contributed by atoms with Crippen molar-refractivity contribution in [2.75, 3.05) is 7.11 Å². The van der Waals surface area contributed by atoms with Crippen molar-refractivity contribution in [2.24, 2.45) is 0 Å². The number of ether oxygens (including phenoxy) is 1. The number of esters is 1. The molecule has 0 aliphatic carbocycles. The van der Waals surface area contributed by atoms with E-state index in [0.717, 1.165) is 0 Å². The van der Waals surface area contributed by atoms with Gasteiger partial charge in [0.15, 0.2) is 0 Å². The van der Waals surface area contributed by atoms with Crippen molar-refractivity contribution >= 4 is 17.6 Å². The van der Waals surface area contributed by atoms with Crippen LogP contribution in [0.4, 0.5) is 0 Å². The second kappa shape index (κ2) is 4.15. The molecule has 0 saturated carbocycles. The van der Waals surface area contributed by atoms with Gasteiger partial charge in [-0.15, -0.1) is 0 Å². The first-order chi connectivity index (χ1) is 4.16. The van der Waals surface area contributed by atoms with Crippen LogP contribution in [0.5, 0.6) is 0 Å². The van der Waals surface area contributed by atoms with E-state index in [-0.39, 0.29) is 0 Å². The minimum atomic E-state index is -0.434. The summed E-state index contributed by atoms with van der Waals surface area (Å²) < 4.78 is 4.28. The Labute approximate surface area is 58.8 Å². The fourth-order valence-electron chi connectivity index (χ4n) is 0.227. The van der Waals surface area contributed by atoms with Crippen LogP contribution in [0.1, 0.15) is 0 Å². The van der Waals surface area contributed by atoms with Crippen molar-refractivity contribution in [3.63, 3.8) is 0 Å². The van der Waals surface area contributed by atoms with Gasteiger partial charge in [0.05, 0.1) is 7.11 Å². The summed E-state index contributed by atoms with van der Waals surface area (Å²) in [5, 5.41) is 0.306. The number of allylic oxidation sites excluding steroid dienone is 2. The van der Waals surface area contributed by atoms with Crippen LogP contribution in [0.25, 0.3) is 0 Å². The lowest BCUT2D eigenvalue weighted by Gasteiger charge is -1.86. The van der Waals surface area contributed by atoms with E-state index in [1.807, 2.05) is 0 Å². The van der Waals surface area contributed by atoms with Crippen LogP contribution < -0.4 is 0 Å². The standard InChI is InChI=1S/C6H7ClO2/c1-5(7)3-4-6(8)9-2/h3-4H,1H2,2H3/b4-3+. The minimum absolute atomic E-state index is 0.306. The monoisotopic (exact) mass is 146 g/mol. The van der Waals surface area contributed by atoms with Gasteiger partial charge in [-0.1, -0.05) is 18.2 Å². The molecule has 0 atom stereocenters. The lowest BCUT2D eigenvalue weighted by Crippen LogP contribution is -1.92. The van der Waals surface area contributed by atoms with Crippen molar-refractivity contribution in [1.29, 1.82) is 0 Å². The maximum atomic E-state index is 10.3. The highest BCUT2D eigenvalue weighted by Gasteiger charge is 1.88. The van der Waals surface area contributed by atoms with Crippen LogP contribution in [0, 0.1) is 0 Å². The predicted octanol–water partition coefficient (Wildman–Crippen LogP) is 1.47. The van der Waals surface area contributed by atoms with Crippen molar-refractivity contribution in [1.82, 2.24) is 0 Å². The fourth-order valence-corrected chi connectivity index (χ4v) is 0.289. The van der Waals surface area contributed by atoms with Gasteiger partial charge in [0.1, 0.15) is 0 Å². The number of carbonyl (C=O) groups is 1. The van der Waals surface area contributed by atoms with Gasteiger partial charge in [0.25, 0.3) is 0 Å². The van der Waals surface area contributed by atoms with E-state index in [1.54, 1.807) is 0 Å². The predicted molar refractivity (Wildman–Crippen MR) is 36.1 cm³/mol. The van der Waals surface area contributed by atoms with E-state index < -0.39 is 5.97 Å². The van der Waals surface area contributed by atoms with Gasteiger partial charge in [-0.25, -0.2) is 4.79 Å². The molecule has 0 amide bonds. The third kappa shape index (κ3) is 5.11. The van der Waals surface area contributed by atoms with E-state index >= 15 is 0 Å². The van der Waals surface area contributed by atoms with Crippen molar-refractivity contribution in [3.05, 3.63) is 23.8 Å². The minimum Gasteiger partial charge on any atom is -0.466 e. The Morgan fingerprint density at radius 2 is 2.22 bits per heavy atom. The lowest BCUT2D eigenvalue weighted by molar-refractivity contribution is -0.134. The van der Waals surface area contributed by atoms with Gasteiger partial charge in [-0.2, -0.15) is 0 Å². The lowest BCUT2D eigenvalue weighted by atomic mass is 10.5. The molecule has 0 saturated heterocycles. The summed E-state index contributed by atoms with van der Waals surface area (Å²) in [6.07, 6.45) is 2.57. The first kappa shape index (κ1) is 8.24. The van der Waals surface area contributed by atoms with Crippen molar-refractivity contribution in [2.45, 2.75) is 0 Å². The van der Waals surface area contributed by atoms with Gasteiger partial charge in [0.2, 0.25) is 0 Å². The molecule has 0 aliphatic heterocycles. The van der Waals surface area contributed by atoms with Gasteiger partial charge in [0, 0.05) is 11.1 Å². The maximum absolute atomic E-state index is 10.3. The summed E-state index contributed by atoms with van der Waals surface area (Å²) in [6, 6.07) is 0. The average Bonchev–Trinajstić information content (AvgIpc) is 1.83. The summed E-state index contributed by atoms with van der Waals surface area (Å²) in [4.78, 5) is 10.3. The normalized spacial score (nSPS) is 9.56. The molecule has 0 bridgehead atoms. The first-order valence-electron chi connectivity index (χ1n) is 2.27. The molecule has 9 heavy (non-hydrogen) atoms. The molecule has 0 spiro atoms. The quantitative estimate of drug-likeness (QED) is 0.335. The molecular weight excluding hydrogens is 140 g/mol. The first-order valence-corrected chi connectivity index (χ1v) is 2.65. The Hall–Kier alpha value is -0.760. The molecule has 2 nitrogen and oxygen atoms in total. The van der Waals surface area contributed by atoms with E-state index in [1.165, 1.54) is 19.3 Å². The highest BCUT2D eigenvalue weighted by atomic mass is 35.5. The second-order valence-corrected chi connectivity index (χ2v) is 1.79. The number of carbonyl (C=O) groups excluding carboxylic acids is 1. The van der Waals surface area contributed by atoms with Crippen LogP contribution in [0.15, 0.2) is 23.8 Å². The fraction of sp³-hybridized carbons (Fsp3) is 0.167. The summed E-state index contributed by atoms with van der Waals surface area (Å²) in [5.41, 5.74) is 0. The smallest absolute Gasteiger partial charge is 0.330 e. The van der Waals surface area contributed by atoms with E-state index in [9.17, 15) is 4.79 Å². The zero-order chi connectivity index (χ0) is 7.28. The Kier molecular flexibility index (Phi) is 3.80. The zero-order valence-electron chi connectivity index (χ0n) is 5.06. The Bertz CT molecular complexity index is 149. The molecule has 0 aliphatic rings. The number of hydrogen-bond acceptors (Lipinski definition) is 2. The van der Waals surface area contributed by atoms with Crippen LogP contribution in [-0.4, -0.2) is 13.1 Å². The third-order valence-corrected chi connectivity index (χ3v) is 0.727. The maximum Gasteiger partial charge on any atom is 0.330 e. The molecule has 3 heteroatoms. The van der Waals surface area contributed by atoms with E-state index in [0.29, 0.717) is 5.03 Å². The molecular formula is C6H7ClO2. The Morgan fingerprint density at radius 3 is 2.56 bits per heavy atom. The summed E-state index contributed by atoms with van der Waals surface area (Å²) in [7, 11) is 1.30. The Morgan fingerprint density at radius 1 is 1.67 bits per heavy atom. The van der Waals surface area contributed by atoms with Crippen molar-refractivity contribution in [3.8, 4) is 0 Å². The number of halogens is 1. The SMILES string of the molecule is C=C(Cl)/C=C/C(=O)OC. The van der Waals surface area contributed by atoms with E-state index in [2.05, 4.69) is 11.3 Å². The van der Waals surface area contributed by atoms with Crippen LogP contribution in [0.2, 0.25) is 0 Å². The molecule has 0 rings (SSSR count). The highest BCUT2D eigenvalue weighted by Crippen LogP contribution is 1.97. The van der Waals surface area contributed by atoms with Crippen molar-refractivity contribution < 1.29 is 9.53 Å². The third-order valence-electron chi connectivity index (χ3n) is 0.601. The molecule has 0 aromatic heterocycles. The van der Waals surface area contributed by atoms with Crippen LogP contribution in [-0.2, 0) is 9.53 Å². The number of rotatable bonds is 2. The van der Waals surface area contributed by atoms with Gasteiger partial charge in [-0.05, 0) is 6.08 Å². The zero-order valence-corrected chi connectivity index (χ0v) is 5.81. The number of methoxy groups -OCH3 is 1. The topological polar surface area (TPSA) is 26.3 Å². The molecule has 0 N–H and O–H groups in total. The number of hydrogen-bond donors (Lipinski definition) is 0. The Balaban J connectivity index is 3.71. The molecule has 0 aromatic rings. The van der Waals surface area contributed by atoms with E-state index in [4.69, 9.17) is 11.6 Å². The average molecular weight is 147 g/mol. The molecule has 0 fully saturated rings. The van der Waals surface area contributed by atoms with Crippen LogP contribution >= 0.6 is 11.6 Å². The van der Waals surface area contributed by atoms with Gasteiger partial charge >= 0.3 is 5.97 Å². The van der Waals surface area contributed by atoms with Gasteiger partial charge in [-0.3, -0.25) is 0 Å². The highest BCUT2D eigenvalue weighted by molar-refractivity contribution is 6.31. The van der Waals surface area contributed by atoms with Crippen LogP contribution in [0.3, 0.4) is 0 Å².